The molecule has 0 radical (unpaired) electrons. The molecule has 2 N–H and O–H groups in total. The number of nitrogens with zero attached hydrogens (tertiary/aromatic N) is 4. The lowest BCUT2D eigenvalue weighted by molar-refractivity contribution is -0.0446. The number of nitrogens with one attached hydrogen (secondary N) is 1. The molecule has 194 valence electrons. The first-order valence-electron chi connectivity index (χ1n) is 12.9. The van der Waals surface area contributed by atoms with E-state index in [1.807, 2.05) is 38.2 Å². The highest BCUT2D eigenvalue weighted by atomic mass is 32.2. The van der Waals surface area contributed by atoms with E-state index >= 15 is 0 Å². The molecule has 2 heterocycles. The lowest BCUT2D eigenvalue weighted by Crippen LogP contribution is -2.33. The summed E-state index contributed by atoms with van der Waals surface area (Å²) in [6, 6.07) is 14.4. The molecule has 1 aliphatic carbocycles. The van der Waals surface area contributed by atoms with Crippen molar-refractivity contribution in [3.63, 3.8) is 0 Å². The number of nitriles is 1. The Morgan fingerprint density at radius 1 is 1.30 bits per heavy atom. The first kappa shape index (κ1) is 26.2. The largest absolute Gasteiger partial charge is 0.490 e. The van der Waals surface area contributed by atoms with E-state index in [0.29, 0.717) is 11.3 Å². The maximum Gasteiger partial charge on any atom is 0.137 e. The Morgan fingerprint density at radius 2 is 2.14 bits per heavy atom. The number of rotatable bonds is 10. The van der Waals surface area contributed by atoms with E-state index in [9.17, 15) is 10.5 Å². The molecule has 0 saturated carbocycles. The highest BCUT2D eigenvalue weighted by Crippen LogP contribution is 2.41. The molecule has 1 aromatic heterocycles. The molecule has 2 aliphatic rings. The summed E-state index contributed by atoms with van der Waals surface area (Å²) in [6.45, 7) is 7.26. The summed E-state index contributed by atoms with van der Waals surface area (Å²) >= 11 is 3.06. The molecule has 37 heavy (non-hydrogen) atoms. The normalized spacial score (nSPS) is 17.5. The van der Waals surface area contributed by atoms with Gasteiger partial charge in [-0.25, -0.2) is 10.4 Å². The van der Waals surface area contributed by atoms with Crippen LogP contribution in [-0.2, 0) is 6.42 Å². The third kappa shape index (κ3) is 6.17. The van der Waals surface area contributed by atoms with Crippen molar-refractivity contribution in [2.45, 2.75) is 51.7 Å². The molecule has 0 amide bonds. The second kappa shape index (κ2) is 11.9. The van der Waals surface area contributed by atoms with Crippen molar-refractivity contribution >= 4 is 23.3 Å². The van der Waals surface area contributed by atoms with Gasteiger partial charge >= 0.3 is 0 Å². The van der Waals surface area contributed by atoms with Gasteiger partial charge in [0.1, 0.15) is 16.8 Å². The summed E-state index contributed by atoms with van der Waals surface area (Å²) in [5.74, 6) is 1.47. The van der Waals surface area contributed by atoms with Gasteiger partial charge < -0.3 is 9.64 Å². The van der Waals surface area contributed by atoms with Crippen molar-refractivity contribution in [1.29, 1.82) is 5.26 Å². The summed E-state index contributed by atoms with van der Waals surface area (Å²) in [5.41, 5.74) is 8.44. The van der Waals surface area contributed by atoms with Gasteiger partial charge in [-0.2, -0.15) is 5.26 Å². The van der Waals surface area contributed by atoms with Gasteiger partial charge in [0.2, 0.25) is 0 Å². The van der Waals surface area contributed by atoms with Crippen LogP contribution >= 0.6 is 23.3 Å². The number of thiazole rings is 1. The van der Waals surface area contributed by atoms with E-state index in [0.717, 1.165) is 40.6 Å². The van der Waals surface area contributed by atoms with Gasteiger partial charge in [0.15, 0.2) is 0 Å². The number of hydrogen-bond donors (Lipinski definition) is 2. The number of hydrogen-bond acceptors (Lipinski definition) is 9. The Balaban J connectivity index is 1.27. The fourth-order valence-corrected chi connectivity index (χ4v) is 6.77. The minimum Gasteiger partial charge on any atom is -0.490 e. The molecule has 0 spiro atoms. The molecule has 3 aromatic rings. The number of likely N-dealkylation sites (tertiary alicyclic amines) is 1. The van der Waals surface area contributed by atoms with Crippen LogP contribution in [0.5, 0.6) is 5.75 Å². The van der Waals surface area contributed by atoms with Crippen molar-refractivity contribution < 1.29 is 9.94 Å². The van der Waals surface area contributed by atoms with Crippen LogP contribution in [0.2, 0.25) is 0 Å². The van der Waals surface area contributed by atoms with Crippen LogP contribution in [0.1, 0.15) is 55.8 Å². The number of ether oxygens (including phenoxy) is 1. The molecule has 0 bridgehead atoms. The minimum absolute atomic E-state index is 0.00865. The maximum atomic E-state index is 10.5. The lowest BCUT2D eigenvalue weighted by Gasteiger charge is -2.22. The van der Waals surface area contributed by atoms with Gasteiger partial charge in [0.25, 0.3) is 0 Å². The number of benzene rings is 2. The van der Waals surface area contributed by atoms with E-state index in [1.165, 1.54) is 59.1 Å². The molecule has 1 atom stereocenters. The average Bonchev–Trinajstić information content (AvgIpc) is 3.66. The highest BCUT2D eigenvalue weighted by molar-refractivity contribution is 7.96. The van der Waals surface area contributed by atoms with Crippen molar-refractivity contribution in [1.82, 2.24) is 19.9 Å². The Hall–Kier alpha value is -2.45. The maximum absolute atomic E-state index is 10.5. The third-order valence-corrected chi connectivity index (χ3v) is 8.63. The monoisotopic (exact) mass is 535 g/mol. The van der Waals surface area contributed by atoms with Gasteiger partial charge in [-0.15, -0.1) is 11.3 Å². The first-order chi connectivity index (χ1) is 18.0. The Bertz CT molecular complexity index is 1270. The second-order valence-electron chi connectivity index (χ2n) is 9.77. The standard InChI is InChI=1S/C28H33N5O2S2/c1-19(2)35-26-11-8-20(16-21(26)17-29)28-30-18-27(37-28)24-7-5-6-23-22(24)9-10-25(23)31-33(34)36-15-14-32-12-3-4-13-32/h5-8,11,16,18-19,25,31,34H,3-4,9-10,12-15H2,1-2H3. The van der Waals surface area contributed by atoms with Gasteiger partial charge in [0.05, 0.1) is 22.6 Å². The predicted octanol–water partition coefficient (Wildman–Crippen LogP) is 6.06. The Morgan fingerprint density at radius 3 is 2.92 bits per heavy atom. The van der Waals surface area contributed by atoms with E-state index in [1.54, 1.807) is 11.3 Å². The van der Waals surface area contributed by atoms with Crippen LogP contribution < -0.4 is 10.2 Å². The molecule has 2 aromatic carbocycles. The van der Waals surface area contributed by atoms with Crippen LogP contribution in [-0.4, -0.2) is 51.2 Å². The zero-order valence-electron chi connectivity index (χ0n) is 21.3. The van der Waals surface area contributed by atoms with E-state index < -0.39 is 0 Å². The molecule has 9 heteroatoms. The third-order valence-electron chi connectivity index (χ3n) is 6.84. The molecule has 1 saturated heterocycles. The van der Waals surface area contributed by atoms with Gasteiger partial charge in [-0.05, 0) is 99.5 Å². The molecular weight excluding hydrogens is 502 g/mol. The van der Waals surface area contributed by atoms with E-state index in [2.05, 4.69) is 39.6 Å². The Kier molecular flexibility index (Phi) is 8.45. The zero-order valence-corrected chi connectivity index (χ0v) is 22.9. The summed E-state index contributed by atoms with van der Waals surface area (Å²) < 4.78 is 6.97. The van der Waals surface area contributed by atoms with Crippen molar-refractivity contribution in [3.8, 4) is 32.8 Å². The summed E-state index contributed by atoms with van der Waals surface area (Å²) in [7, 11) is 0. The zero-order chi connectivity index (χ0) is 25.8. The van der Waals surface area contributed by atoms with Crippen molar-refractivity contribution in [3.05, 3.63) is 59.3 Å². The van der Waals surface area contributed by atoms with E-state index in [-0.39, 0.29) is 12.1 Å². The van der Waals surface area contributed by atoms with Crippen LogP contribution in [0.25, 0.3) is 21.0 Å². The first-order valence-corrected chi connectivity index (χ1v) is 14.7. The quantitative estimate of drug-likeness (QED) is 0.239. The van der Waals surface area contributed by atoms with Crippen LogP contribution in [0.15, 0.2) is 42.6 Å². The number of fused-ring (bicyclic) bond motifs is 1. The van der Waals surface area contributed by atoms with Gasteiger partial charge in [0, 0.05) is 24.1 Å². The SMILES string of the molecule is CC(C)Oc1ccc(-c2ncc(-c3cccc4c3CCC4NN(O)SCCN3CCCC3)s2)cc1C#N. The van der Waals surface area contributed by atoms with Crippen molar-refractivity contribution in [2.24, 2.45) is 0 Å². The second-order valence-corrected chi connectivity index (χ2v) is 11.8. The Labute approximate surface area is 227 Å². The summed E-state index contributed by atoms with van der Waals surface area (Å²) in [5, 5.41) is 20.9. The molecule has 7 nitrogen and oxygen atoms in total. The lowest BCUT2D eigenvalue weighted by atomic mass is 10.0. The summed E-state index contributed by atoms with van der Waals surface area (Å²) in [6.07, 6.45) is 6.39. The van der Waals surface area contributed by atoms with Gasteiger partial charge in [-0.3, -0.25) is 5.21 Å². The van der Waals surface area contributed by atoms with Gasteiger partial charge in [-0.1, -0.05) is 22.8 Å². The van der Waals surface area contributed by atoms with Crippen LogP contribution in [0.3, 0.4) is 0 Å². The fraction of sp³-hybridized carbons (Fsp3) is 0.429. The van der Waals surface area contributed by atoms with E-state index in [4.69, 9.17) is 4.74 Å². The van der Waals surface area contributed by atoms with Crippen LogP contribution in [0.4, 0.5) is 0 Å². The molecular formula is C28H33N5O2S2. The summed E-state index contributed by atoms with van der Waals surface area (Å²) in [4.78, 5) is 8.25. The highest BCUT2D eigenvalue weighted by Gasteiger charge is 2.27. The van der Waals surface area contributed by atoms with Crippen LogP contribution in [0, 0.1) is 11.3 Å². The minimum atomic E-state index is 0.00865. The molecule has 5 rings (SSSR count). The number of hydrazine groups is 1. The smallest absolute Gasteiger partial charge is 0.137 e. The topological polar surface area (TPSA) is 84.7 Å². The van der Waals surface area contributed by atoms with Crippen molar-refractivity contribution in [2.75, 3.05) is 25.4 Å². The molecule has 1 unspecified atom stereocenters. The fourth-order valence-electron chi connectivity index (χ4n) is 5.09. The molecule has 1 fully saturated rings. The molecule has 1 aliphatic heterocycles. The number of aromatic nitrogens is 1. The average molecular weight is 536 g/mol. The predicted molar refractivity (Wildman–Crippen MR) is 149 cm³/mol.